The van der Waals surface area contributed by atoms with E-state index in [2.05, 4.69) is 18.2 Å². The zero-order valence-electron chi connectivity index (χ0n) is 8.11. The highest BCUT2D eigenvalue weighted by molar-refractivity contribution is 7.99. The van der Waals surface area contributed by atoms with Crippen LogP contribution < -0.4 is 0 Å². The topological polar surface area (TPSA) is 17.1 Å². The smallest absolute Gasteiger partial charge is 0.124 e. The second-order valence-electron chi connectivity index (χ2n) is 3.63. The van der Waals surface area contributed by atoms with Crippen molar-refractivity contribution >= 4 is 18.0 Å². The number of benzene rings is 1. The van der Waals surface area contributed by atoms with Crippen LogP contribution in [0.1, 0.15) is 23.5 Å². The zero-order valence-corrected chi connectivity index (χ0v) is 8.93. The van der Waals surface area contributed by atoms with Crippen molar-refractivity contribution in [3.8, 4) is 0 Å². The standard InChI is InChI=1S/C12H14OS/c13-7-5-10-3-1-2-4-12(10)11-6-8-14-9-11/h1-4,7,11H,5-6,8-9H2. The van der Waals surface area contributed by atoms with Crippen LogP contribution in [0.25, 0.3) is 0 Å². The number of rotatable bonds is 3. The Bertz CT molecular complexity index is 316. The molecule has 2 heteroatoms. The van der Waals surface area contributed by atoms with Gasteiger partial charge in [-0.1, -0.05) is 24.3 Å². The predicted molar refractivity (Wildman–Crippen MR) is 60.9 cm³/mol. The lowest BCUT2D eigenvalue weighted by atomic mass is 9.93. The Morgan fingerprint density at radius 2 is 2.29 bits per heavy atom. The molecule has 1 aliphatic heterocycles. The van der Waals surface area contributed by atoms with Gasteiger partial charge in [-0.05, 0) is 29.2 Å². The van der Waals surface area contributed by atoms with Crippen LogP contribution in [0.2, 0.25) is 0 Å². The monoisotopic (exact) mass is 206 g/mol. The second kappa shape index (κ2) is 4.65. The molecule has 1 fully saturated rings. The lowest BCUT2D eigenvalue weighted by Crippen LogP contribution is -2.01. The minimum Gasteiger partial charge on any atom is -0.303 e. The Morgan fingerprint density at radius 1 is 1.43 bits per heavy atom. The molecule has 1 aromatic carbocycles. The van der Waals surface area contributed by atoms with E-state index in [-0.39, 0.29) is 0 Å². The lowest BCUT2D eigenvalue weighted by molar-refractivity contribution is -0.107. The number of hydrogen-bond donors (Lipinski definition) is 0. The van der Waals surface area contributed by atoms with Crippen LogP contribution in [-0.4, -0.2) is 17.8 Å². The molecule has 14 heavy (non-hydrogen) atoms. The predicted octanol–water partition coefficient (Wildman–Crippen LogP) is 2.65. The lowest BCUT2D eigenvalue weighted by Gasteiger charge is -2.12. The van der Waals surface area contributed by atoms with Crippen molar-refractivity contribution in [1.29, 1.82) is 0 Å². The SMILES string of the molecule is O=CCc1ccccc1C1CCSC1. The quantitative estimate of drug-likeness (QED) is 0.707. The first-order valence-electron chi connectivity index (χ1n) is 5.01. The highest BCUT2D eigenvalue weighted by Crippen LogP contribution is 2.33. The Hall–Kier alpha value is -0.760. The van der Waals surface area contributed by atoms with Gasteiger partial charge in [-0.25, -0.2) is 0 Å². The average molecular weight is 206 g/mol. The number of aldehydes is 1. The van der Waals surface area contributed by atoms with Gasteiger partial charge in [0.2, 0.25) is 0 Å². The highest BCUT2D eigenvalue weighted by Gasteiger charge is 2.19. The van der Waals surface area contributed by atoms with Crippen molar-refractivity contribution in [2.24, 2.45) is 0 Å². The molecule has 0 bridgehead atoms. The Labute approximate surface area is 88.9 Å². The van der Waals surface area contributed by atoms with Crippen molar-refractivity contribution in [2.75, 3.05) is 11.5 Å². The van der Waals surface area contributed by atoms with E-state index in [1.165, 1.54) is 29.1 Å². The molecular formula is C12H14OS. The molecule has 74 valence electrons. The highest BCUT2D eigenvalue weighted by atomic mass is 32.2. The van der Waals surface area contributed by atoms with Gasteiger partial charge < -0.3 is 4.79 Å². The molecule has 0 saturated carbocycles. The maximum Gasteiger partial charge on any atom is 0.124 e. The van der Waals surface area contributed by atoms with Gasteiger partial charge in [0, 0.05) is 12.2 Å². The van der Waals surface area contributed by atoms with Gasteiger partial charge in [-0.15, -0.1) is 0 Å². The zero-order chi connectivity index (χ0) is 9.80. The Kier molecular flexibility index (Phi) is 3.25. The third-order valence-corrected chi connectivity index (χ3v) is 3.89. The Balaban J connectivity index is 2.25. The van der Waals surface area contributed by atoms with Crippen molar-refractivity contribution < 1.29 is 4.79 Å². The molecule has 1 saturated heterocycles. The first-order chi connectivity index (χ1) is 6.92. The summed E-state index contributed by atoms with van der Waals surface area (Å²) in [5.41, 5.74) is 2.61. The van der Waals surface area contributed by atoms with E-state index in [4.69, 9.17) is 0 Å². The van der Waals surface area contributed by atoms with E-state index >= 15 is 0 Å². The average Bonchev–Trinajstić information content (AvgIpc) is 2.72. The fourth-order valence-corrected chi connectivity index (χ4v) is 3.24. The molecule has 0 aliphatic carbocycles. The second-order valence-corrected chi connectivity index (χ2v) is 4.78. The van der Waals surface area contributed by atoms with Crippen molar-refractivity contribution in [3.63, 3.8) is 0 Å². The first-order valence-corrected chi connectivity index (χ1v) is 6.16. The summed E-state index contributed by atoms with van der Waals surface area (Å²) in [5.74, 6) is 3.16. The van der Waals surface area contributed by atoms with Crippen molar-refractivity contribution in [1.82, 2.24) is 0 Å². The van der Waals surface area contributed by atoms with Gasteiger partial charge in [0.15, 0.2) is 0 Å². The van der Waals surface area contributed by atoms with Gasteiger partial charge in [0.05, 0.1) is 0 Å². The van der Waals surface area contributed by atoms with Crippen molar-refractivity contribution in [2.45, 2.75) is 18.8 Å². The summed E-state index contributed by atoms with van der Waals surface area (Å²) in [6.07, 6.45) is 2.83. The van der Waals surface area contributed by atoms with E-state index in [9.17, 15) is 4.79 Å². The maximum atomic E-state index is 10.5. The van der Waals surface area contributed by atoms with Crippen LogP contribution in [0.4, 0.5) is 0 Å². The summed E-state index contributed by atoms with van der Waals surface area (Å²) in [6.45, 7) is 0. The van der Waals surface area contributed by atoms with Crippen LogP contribution >= 0.6 is 11.8 Å². The maximum absolute atomic E-state index is 10.5. The molecule has 1 atom stereocenters. The van der Waals surface area contributed by atoms with E-state index in [1.807, 2.05) is 17.8 Å². The minimum atomic E-state index is 0.567. The van der Waals surface area contributed by atoms with Gasteiger partial charge in [0.25, 0.3) is 0 Å². The molecule has 1 aromatic rings. The fraction of sp³-hybridized carbons (Fsp3) is 0.417. The van der Waals surface area contributed by atoms with Gasteiger partial charge in [-0.3, -0.25) is 0 Å². The van der Waals surface area contributed by atoms with Gasteiger partial charge >= 0.3 is 0 Å². The molecule has 1 heterocycles. The van der Waals surface area contributed by atoms with E-state index in [0.717, 1.165) is 6.29 Å². The van der Waals surface area contributed by atoms with Crippen LogP contribution in [0, 0.1) is 0 Å². The van der Waals surface area contributed by atoms with E-state index in [0.29, 0.717) is 12.3 Å². The number of carbonyl (C=O) groups is 1. The number of thioether (sulfide) groups is 1. The third-order valence-electron chi connectivity index (χ3n) is 2.73. The van der Waals surface area contributed by atoms with Crippen LogP contribution in [0.5, 0.6) is 0 Å². The van der Waals surface area contributed by atoms with Gasteiger partial charge in [-0.2, -0.15) is 11.8 Å². The summed E-state index contributed by atoms with van der Waals surface area (Å²) in [4.78, 5) is 10.5. The van der Waals surface area contributed by atoms with Crippen LogP contribution in [0.15, 0.2) is 24.3 Å². The molecule has 1 nitrogen and oxygen atoms in total. The van der Waals surface area contributed by atoms with Crippen LogP contribution in [-0.2, 0) is 11.2 Å². The summed E-state index contributed by atoms with van der Waals surface area (Å²) in [7, 11) is 0. The molecule has 0 amide bonds. The molecule has 0 radical (unpaired) electrons. The Morgan fingerprint density at radius 3 is 3.00 bits per heavy atom. The molecule has 2 rings (SSSR count). The summed E-state index contributed by atoms with van der Waals surface area (Å²) < 4.78 is 0. The third kappa shape index (κ3) is 2.01. The van der Waals surface area contributed by atoms with E-state index < -0.39 is 0 Å². The minimum absolute atomic E-state index is 0.567. The molecule has 1 aliphatic rings. The number of hydrogen-bond acceptors (Lipinski definition) is 2. The van der Waals surface area contributed by atoms with Gasteiger partial charge in [0.1, 0.15) is 6.29 Å². The molecule has 0 N–H and O–H groups in total. The molecular weight excluding hydrogens is 192 g/mol. The molecule has 0 spiro atoms. The summed E-state index contributed by atoms with van der Waals surface area (Å²) in [5, 5.41) is 0. The van der Waals surface area contributed by atoms with E-state index in [1.54, 1.807) is 0 Å². The fourth-order valence-electron chi connectivity index (χ4n) is 1.99. The van der Waals surface area contributed by atoms with Crippen LogP contribution in [0.3, 0.4) is 0 Å². The summed E-state index contributed by atoms with van der Waals surface area (Å²) >= 11 is 2.02. The normalized spacial score (nSPS) is 21.0. The molecule has 1 unspecified atom stereocenters. The summed E-state index contributed by atoms with van der Waals surface area (Å²) in [6, 6.07) is 8.35. The largest absolute Gasteiger partial charge is 0.303 e. The first kappa shape index (κ1) is 9.78. The number of carbonyl (C=O) groups excluding carboxylic acids is 1. The molecule has 0 aromatic heterocycles. The van der Waals surface area contributed by atoms with Crippen molar-refractivity contribution in [3.05, 3.63) is 35.4 Å².